The Morgan fingerprint density at radius 3 is 2.58 bits per heavy atom. The summed E-state index contributed by atoms with van der Waals surface area (Å²) in [5, 5.41) is 14.7. The number of aryl methyl sites for hydroxylation is 2. The molecule has 19 heavy (non-hydrogen) atoms. The van der Waals surface area contributed by atoms with Gasteiger partial charge in [0.15, 0.2) is 0 Å². The molecule has 1 fully saturated rings. The van der Waals surface area contributed by atoms with Gasteiger partial charge >= 0.3 is 0 Å². The summed E-state index contributed by atoms with van der Waals surface area (Å²) < 4.78 is 7.55. The van der Waals surface area contributed by atoms with Crippen molar-refractivity contribution < 1.29 is 9.84 Å². The average Bonchev–Trinajstić information content (AvgIpc) is 2.69. The van der Waals surface area contributed by atoms with E-state index in [0.717, 1.165) is 38.5 Å². The maximum atomic E-state index is 10.6. The number of aliphatic hydroxyl groups excluding tert-OH is 1. The third-order valence-corrected chi connectivity index (χ3v) is 4.43. The SMILES string of the molecule is COC1(C(O)CCc2cnn(C)c2)CCCCCC1. The summed E-state index contributed by atoms with van der Waals surface area (Å²) in [6.45, 7) is 0. The Bertz CT molecular complexity index is 381. The molecule has 1 atom stereocenters. The van der Waals surface area contributed by atoms with Crippen LogP contribution in [0.25, 0.3) is 0 Å². The van der Waals surface area contributed by atoms with Crippen molar-refractivity contribution in [3.63, 3.8) is 0 Å². The maximum Gasteiger partial charge on any atom is 0.0936 e. The molecule has 4 heteroatoms. The molecule has 1 aliphatic rings. The van der Waals surface area contributed by atoms with Crippen LogP contribution in [-0.2, 0) is 18.2 Å². The Kier molecular flexibility index (Phi) is 4.99. The molecular formula is C15H26N2O2. The van der Waals surface area contributed by atoms with Crippen molar-refractivity contribution in [3.8, 4) is 0 Å². The predicted molar refractivity (Wildman–Crippen MR) is 75.0 cm³/mol. The van der Waals surface area contributed by atoms with Crippen LogP contribution in [-0.4, -0.2) is 33.7 Å². The number of nitrogens with zero attached hydrogens (tertiary/aromatic N) is 2. The van der Waals surface area contributed by atoms with Gasteiger partial charge in [0.05, 0.1) is 17.9 Å². The molecule has 1 heterocycles. The molecule has 0 bridgehead atoms. The number of aliphatic hydroxyl groups is 1. The Morgan fingerprint density at radius 1 is 1.37 bits per heavy atom. The van der Waals surface area contributed by atoms with Crippen LogP contribution in [0.5, 0.6) is 0 Å². The van der Waals surface area contributed by atoms with Gasteiger partial charge in [0.25, 0.3) is 0 Å². The summed E-state index contributed by atoms with van der Waals surface area (Å²) in [6.07, 6.45) is 11.9. The monoisotopic (exact) mass is 266 g/mol. The molecule has 108 valence electrons. The molecule has 1 N–H and O–H groups in total. The lowest BCUT2D eigenvalue weighted by molar-refractivity contribution is -0.113. The molecule has 0 spiro atoms. The highest BCUT2D eigenvalue weighted by molar-refractivity contribution is 5.04. The normalized spacial score (nSPS) is 21.0. The Morgan fingerprint density at radius 2 is 2.05 bits per heavy atom. The number of rotatable bonds is 5. The number of hydrogen-bond donors (Lipinski definition) is 1. The van der Waals surface area contributed by atoms with E-state index in [-0.39, 0.29) is 11.7 Å². The lowest BCUT2D eigenvalue weighted by Gasteiger charge is -2.36. The van der Waals surface area contributed by atoms with E-state index in [0.29, 0.717) is 0 Å². The second kappa shape index (κ2) is 6.53. The van der Waals surface area contributed by atoms with Gasteiger partial charge in [0.1, 0.15) is 0 Å². The molecule has 0 aliphatic heterocycles. The predicted octanol–water partition coefficient (Wildman–Crippen LogP) is 2.45. The van der Waals surface area contributed by atoms with Gasteiger partial charge in [0.2, 0.25) is 0 Å². The topological polar surface area (TPSA) is 47.3 Å². The van der Waals surface area contributed by atoms with Crippen molar-refractivity contribution >= 4 is 0 Å². The molecule has 0 amide bonds. The second-order valence-electron chi connectivity index (χ2n) is 5.76. The minimum absolute atomic E-state index is 0.321. The van der Waals surface area contributed by atoms with Gasteiger partial charge in [-0.3, -0.25) is 4.68 Å². The first kappa shape index (κ1) is 14.5. The maximum absolute atomic E-state index is 10.6. The van der Waals surface area contributed by atoms with E-state index in [2.05, 4.69) is 5.10 Å². The van der Waals surface area contributed by atoms with E-state index >= 15 is 0 Å². The summed E-state index contributed by atoms with van der Waals surface area (Å²) in [7, 11) is 3.67. The molecular weight excluding hydrogens is 240 g/mol. The number of ether oxygens (including phenoxy) is 1. The van der Waals surface area contributed by atoms with Crippen LogP contribution in [0.3, 0.4) is 0 Å². The summed E-state index contributed by atoms with van der Waals surface area (Å²) in [5.74, 6) is 0. The third-order valence-electron chi connectivity index (χ3n) is 4.43. The molecule has 2 rings (SSSR count). The third kappa shape index (κ3) is 3.57. The van der Waals surface area contributed by atoms with E-state index in [1.807, 2.05) is 19.4 Å². The van der Waals surface area contributed by atoms with Crippen LogP contribution in [0.2, 0.25) is 0 Å². The van der Waals surface area contributed by atoms with Gasteiger partial charge in [-0.25, -0.2) is 0 Å². The van der Waals surface area contributed by atoms with Gasteiger partial charge in [-0.1, -0.05) is 25.7 Å². The van der Waals surface area contributed by atoms with Crippen molar-refractivity contribution in [1.82, 2.24) is 9.78 Å². The first-order valence-corrected chi connectivity index (χ1v) is 7.37. The van der Waals surface area contributed by atoms with Gasteiger partial charge in [-0.15, -0.1) is 0 Å². The zero-order valence-corrected chi connectivity index (χ0v) is 12.1. The van der Waals surface area contributed by atoms with Crippen LogP contribution in [0.15, 0.2) is 12.4 Å². The Hall–Kier alpha value is -0.870. The highest BCUT2D eigenvalue weighted by Gasteiger charge is 2.37. The summed E-state index contributed by atoms with van der Waals surface area (Å²) in [4.78, 5) is 0. The molecule has 4 nitrogen and oxygen atoms in total. The number of methoxy groups -OCH3 is 1. The highest BCUT2D eigenvalue weighted by Crippen LogP contribution is 2.34. The minimum atomic E-state index is -0.379. The largest absolute Gasteiger partial charge is 0.390 e. The number of aromatic nitrogens is 2. The molecule has 0 radical (unpaired) electrons. The summed E-state index contributed by atoms with van der Waals surface area (Å²) in [6, 6.07) is 0. The van der Waals surface area contributed by atoms with Crippen molar-refractivity contribution in [1.29, 1.82) is 0 Å². The average molecular weight is 266 g/mol. The van der Waals surface area contributed by atoms with Crippen molar-refractivity contribution in [3.05, 3.63) is 18.0 Å². The standard InChI is InChI=1S/C15H26N2O2/c1-17-12-13(11-16-17)7-8-14(18)15(19-2)9-5-3-4-6-10-15/h11-12,14,18H,3-10H2,1-2H3. The molecule has 1 aromatic rings. The molecule has 1 unspecified atom stereocenters. The van der Waals surface area contributed by atoms with E-state index < -0.39 is 0 Å². The lowest BCUT2D eigenvalue weighted by atomic mass is 9.85. The van der Waals surface area contributed by atoms with Gasteiger partial charge < -0.3 is 9.84 Å². The van der Waals surface area contributed by atoms with Gasteiger partial charge in [-0.2, -0.15) is 5.10 Å². The van der Waals surface area contributed by atoms with Crippen molar-refractivity contribution in [2.24, 2.45) is 7.05 Å². The van der Waals surface area contributed by atoms with E-state index in [1.54, 1.807) is 11.8 Å². The molecule has 0 aromatic carbocycles. The quantitative estimate of drug-likeness (QED) is 0.833. The highest BCUT2D eigenvalue weighted by atomic mass is 16.5. The fraction of sp³-hybridized carbons (Fsp3) is 0.800. The first-order valence-electron chi connectivity index (χ1n) is 7.37. The minimum Gasteiger partial charge on any atom is -0.390 e. The van der Waals surface area contributed by atoms with Gasteiger partial charge in [-0.05, 0) is 31.2 Å². The molecule has 1 aromatic heterocycles. The van der Waals surface area contributed by atoms with Crippen LogP contribution in [0, 0.1) is 0 Å². The first-order chi connectivity index (χ1) is 9.16. The molecule has 1 saturated carbocycles. The van der Waals surface area contributed by atoms with Crippen molar-refractivity contribution in [2.75, 3.05) is 7.11 Å². The zero-order valence-electron chi connectivity index (χ0n) is 12.1. The van der Waals surface area contributed by atoms with E-state index in [9.17, 15) is 5.11 Å². The fourth-order valence-corrected chi connectivity index (χ4v) is 3.17. The van der Waals surface area contributed by atoms with Crippen LogP contribution in [0.4, 0.5) is 0 Å². The fourth-order valence-electron chi connectivity index (χ4n) is 3.17. The van der Waals surface area contributed by atoms with Crippen LogP contribution < -0.4 is 0 Å². The van der Waals surface area contributed by atoms with Gasteiger partial charge in [0, 0.05) is 20.4 Å². The van der Waals surface area contributed by atoms with Crippen LogP contribution in [0.1, 0.15) is 50.5 Å². The van der Waals surface area contributed by atoms with Crippen molar-refractivity contribution in [2.45, 2.75) is 63.1 Å². The summed E-state index contributed by atoms with van der Waals surface area (Å²) in [5.41, 5.74) is 0.861. The molecule has 1 aliphatic carbocycles. The van der Waals surface area contributed by atoms with E-state index in [1.165, 1.54) is 18.4 Å². The van der Waals surface area contributed by atoms with E-state index in [4.69, 9.17) is 4.74 Å². The number of hydrogen-bond acceptors (Lipinski definition) is 3. The Balaban J connectivity index is 1.93. The molecule has 0 saturated heterocycles. The summed E-state index contributed by atoms with van der Waals surface area (Å²) >= 11 is 0. The van der Waals surface area contributed by atoms with Crippen LogP contribution >= 0.6 is 0 Å². The smallest absolute Gasteiger partial charge is 0.0936 e. The second-order valence-corrected chi connectivity index (χ2v) is 5.76. The zero-order chi connectivity index (χ0) is 13.7. The Labute approximate surface area is 115 Å². The lowest BCUT2D eigenvalue weighted by Crippen LogP contribution is -2.44.